The minimum atomic E-state index is -0.780. The number of nitrogens with zero attached hydrogens (tertiary/aromatic N) is 1. The topological polar surface area (TPSA) is 75.7 Å². The molecule has 1 N–H and O–H groups in total. The average molecular weight is 256 g/mol. The third-order valence-electron chi connectivity index (χ3n) is 3.46. The van der Waals surface area contributed by atoms with E-state index >= 15 is 0 Å². The van der Waals surface area contributed by atoms with Crippen molar-refractivity contribution >= 4 is 17.8 Å². The zero-order valence-electron chi connectivity index (χ0n) is 11.3. The van der Waals surface area contributed by atoms with Crippen LogP contribution in [0.15, 0.2) is 0 Å². The average Bonchev–Trinajstić information content (AvgIpc) is 2.60. The van der Waals surface area contributed by atoms with Gasteiger partial charge in [0.15, 0.2) is 0 Å². The van der Waals surface area contributed by atoms with Crippen LogP contribution in [0.2, 0.25) is 0 Å². The first-order valence-corrected chi connectivity index (χ1v) is 6.05. The van der Waals surface area contributed by atoms with E-state index in [-0.39, 0.29) is 18.8 Å². The van der Waals surface area contributed by atoms with Gasteiger partial charge in [0, 0.05) is 19.4 Å². The summed E-state index contributed by atoms with van der Waals surface area (Å²) in [4.78, 5) is 39.9. The second-order valence-corrected chi connectivity index (χ2v) is 5.06. The molecule has 1 fully saturated rings. The molecule has 1 heterocycles. The minimum Gasteiger partial charge on any atom is -0.330 e. The maximum Gasteiger partial charge on any atom is 0.340 e. The second-order valence-electron chi connectivity index (χ2n) is 5.06. The van der Waals surface area contributed by atoms with Crippen LogP contribution in [0, 0.1) is 11.3 Å². The molecule has 0 aromatic heterocycles. The van der Waals surface area contributed by atoms with Gasteiger partial charge in [-0.3, -0.25) is 9.59 Å². The van der Waals surface area contributed by atoms with Gasteiger partial charge in [-0.15, -0.1) is 5.06 Å². The summed E-state index contributed by atoms with van der Waals surface area (Å²) in [6.07, 6.45) is 0.215. The van der Waals surface area contributed by atoms with Crippen molar-refractivity contribution in [3.63, 3.8) is 0 Å². The smallest absolute Gasteiger partial charge is 0.330 e. The van der Waals surface area contributed by atoms with E-state index in [1.807, 2.05) is 13.8 Å². The molecule has 18 heavy (non-hydrogen) atoms. The molecule has 0 radical (unpaired) electrons. The zero-order chi connectivity index (χ0) is 13.9. The maximum absolute atomic E-state index is 12.1. The standard InChI is InChI=1S/C12H20N2O4/c1-8(2)12(3,7-13-4)11(17)18-14-9(15)5-6-10(14)16/h8,13H,5-7H2,1-4H3. The molecule has 6 nitrogen and oxygen atoms in total. The molecule has 6 heteroatoms. The van der Waals surface area contributed by atoms with Gasteiger partial charge in [-0.1, -0.05) is 13.8 Å². The van der Waals surface area contributed by atoms with Crippen LogP contribution in [0.4, 0.5) is 0 Å². The number of nitrogens with one attached hydrogen (secondary N) is 1. The van der Waals surface area contributed by atoms with Crippen molar-refractivity contribution < 1.29 is 19.2 Å². The number of hydrogen-bond acceptors (Lipinski definition) is 5. The van der Waals surface area contributed by atoms with E-state index < -0.39 is 23.2 Å². The van der Waals surface area contributed by atoms with Crippen LogP contribution >= 0.6 is 0 Å². The van der Waals surface area contributed by atoms with Gasteiger partial charge in [0.2, 0.25) is 0 Å². The minimum absolute atomic E-state index is 0.0188. The Morgan fingerprint density at radius 1 is 1.39 bits per heavy atom. The largest absolute Gasteiger partial charge is 0.340 e. The Morgan fingerprint density at radius 3 is 2.28 bits per heavy atom. The zero-order valence-corrected chi connectivity index (χ0v) is 11.3. The van der Waals surface area contributed by atoms with E-state index in [0.717, 1.165) is 0 Å². The van der Waals surface area contributed by atoms with Gasteiger partial charge in [0.1, 0.15) is 0 Å². The van der Waals surface area contributed by atoms with Gasteiger partial charge in [0.25, 0.3) is 11.8 Å². The van der Waals surface area contributed by atoms with Gasteiger partial charge >= 0.3 is 5.97 Å². The monoisotopic (exact) mass is 256 g/mol. The van der Waals surface area contributed by atoms with Crippen molar-refractivity contribution in [2.75, 3.05) is 13.6 Å². The lowest BCUT2D eigenvalue weighted by atomic mass is 9.79. The molecule has 0 aromatic rings. The molecule has 0 saturated carbocycles. The summed E-state index contributed by atoms with van der Waals surface area (Å²) in [7, 11) is 1.74. The Morgan fingerprint density at radius 2 is 1.89 bits per heavy atom. The molecule has 0 bridgehead atoms. The number of carbonyl (C=O) groups excluding carboxylic acids is 3. The predicted molar refractivity (Wildman–Crippen MR) is 64.1 cm³/mol. The molecule has 1 aliphatic rings. The third kappa shape index (κ3) is 2.69. The predicted octanol–water partition coefficient (Wildman–Crippen LogP) is 0.475. The Kier molecular flexibility index (Phi) is 4.45. The number of hydrogen-bond donors (Lipinski definition) is 1. The number of imide groups is 1. The highest BCUT2D eigenvalue weighted by atomic mass is 16.7. The fraction of sp³-hybridized carbons (Fsp3) is 0.750. The highest BCUT2D eigenvalue weighted by Crippen LogP contribution is 2.29. The summed E-state index contributed by atoms with van der Waals surface area (Å²) in [6, 6.07) is 0. The summed E-state index contributed by atoms with van der Waals surface area (Å²) in [6.45, 7) is 5.96. The van der Waals surface area contributed by atoms with Gasteiger partial charge < -0.3 is 10.2 Å². The first-order valence-electron chi connectivity index (χ1n) is 6.05. The highest BCUT2D eigenvalue weighted by Gasteiger charge is 2.42. The Balaban J connectivity index is 2.79. The number of amides is 2. The van der Waals surface area contributed by atoms with Crippen LogP contribution in [-0.4, -0.2) is 36.4 Å². The van der Waals surface area contributed by atoms with Crippen molar-refractivity contribution in [1.29, 1.82) is 0 Å². The molecule has 0 aliphatic carbocycles. The summed E-state index contributed by atoms with van der Waals surface area (Å²) < 4.78 is 0. The molecule has 1 saturated heterocycles. The molecule has 1 aliphatic heterocycles. The van der Waals surface area contributed by atoms with E-state index in [2.05, 4.69) is 5.32 Å². The summed E-state index contributed by atoms with van der Waals surface area (Å²) in [5, 5.41) is 3.52. The lowest BCUT2D eigenvalue weighted by Crippen LogP contribution is -2.46. The van der Waals surface area contributed by atoms with Crippen molar-refractivity contribution in [2.45, 2.75) is 33.6 Å². The fourth-order valence-corrected chi connectivity index (χ4v) is 1.72. The van der Waals surface area contributed by atoms with E-state index in [0.29, 0.717) is 11.6 Å². The van der Waals surface area contributed by atoms with Crippen molar-refractivity contribution in [3.05, 3.63) is 0 Å². The SMILES string of the molecule is CNCC(C)(C(=O)ON1C(=O)CCC1=O)C(C)C. The van der Waals surface area contributed by atoms with Crippen LogP contribution in [-0.2, 0) is 19.2 Å². The molecule has 1 unspecified atom stereocenters. The quantitative estimate of drug-likeness (QED) is 0.724. The molecular formula is C12H20N2O4. The second kappa shape index (κ2) is 5.48. The van der Waals surface area contributed by atoms with Crippen LogP contribution in [0.25, 0.3) is 0 Å². The first kappa shape index (κ1) is 14.6. The lowest BCUT2D eigenvalue weighted by Gasteiger charge is -2.31. The molecule has 2 amide bonds. The van der Waals surface area contributed by atoms with Gasteiger partial charge in [0.05, 0.1) is 5.41 Å². The van der Waals surface area contributed by atoms with Crippen LogP contribution in [0.3, 0.4) is 0 Å². The molecule has 102 valence electrons. The van der Waals surface area contributed by atoms with Gasteiger partial charge in [-0.05, 0) is 19.9 Å². The maximum atomic E-state index is 12.1. The molecule has 0 aromatic carbocycles. The van der Waals surface area contributed by atoms with E-state index in [9.17, 15) is 14.4 Å². The lowest BCUT2D eigenvalue weighted by molar-refractivity contribution is -0.206. The summed E-state index contributed by atoms with van der Waals surface area (Å²) >= 11 is 0. The van der Waals surface area contributed by atoms with Crippen molar-refractivity contribution in [1.82, 2.24) is 10.4 Å². The number of rotatable bonds is 5. The first-order chi connectivity index (χ1) is 8.32. The normalized spacial score (nSPS) is 19.3. The van der Waals surface area contributed by atoms with Gasteiger partial charge in [-0.2, -0.15) is 0 Å². The Bertz CT molecular complexity index is 351. The number of hydroxylamine groups is 2. The highest BCUT2D eigenvalue weighted by molar-refractivity contribution is 6.01. The Hall–Kier alpha value is -1.43. The summed E-state index contributed by atoms with van der Waals surface area (Å²) in [5.74, 6) is -1.45. The fourth-order valence-electron chi connectivity index (χ4n) is 1.72. The molecule has 0 spiro atoms. The van der Waals surface area contributed by atoms with E-state index in [1.54, 1.807) is 14.0 Å². The third-order valence-corrected chi connectivity index (χ3v) is 3.46. The molecule has 1 atom stereocenters. The van der Waals surface area contributed by atoms with E-state index in [1.165, 1.54) is 0 Å². The number of carbonyl (C=O) groups is 3. The van der Waals surface area contributed by atoms with Crippen LogP contribution < -0.4 is 5.32 Å². The van der Waals surface area contributed by atoms with Crippen LogP contribution in [0.5, 0.6) is 0 Å². The summed E-state index contributed by atoms with van der Waals surface area (Å²) in [5.41, 5.74) is -0.780. The molecular weight excluding hydrogens is 236 g/mol. The van der Waals surface area contributed by atoms with Crippen LogP contribution in [0.1, 0.15) is 33.6 Å². The Labute approximate surface area is 107 Å². The van der Waals surface area contributed by atoms with E-state index in [4.69, 9.17) is 4.84 Å². The van der Waals surface area contributed by atoms with Crippen molar-refractivity contribution in [3.8, 4) is 0 Å². The molecule has 1 rings (SSSR count). The van der Waals surface area contributed by atoms with Crippen molar-refractivity contribution in [2.24, 2.45) is 11.3 Å². The van der Waals surface area contributed by atoms with Gasteiger partial charge in [-0.25, -0.2) is 4.79 Å².